The maximum absolute atomic E-state index is 13.0. The number of amides is 2. The average Bonchev–Trinajstić information content (AvgIpc) is 3.29. The Kier molecular flexibility index (Phi) is 5.35. The van der Waals surface area contributed by atoms with Gasteiger partial charge in [0.25, 0.3) is 5.91 Å². The minimum atomic E-state index is -0.394. The Morgan fingerprint density at radius 3 is 2.76 bits per heavy atom. The van der Waals surface area contributed by atoms with Crippen LogP contribution in [0.4, 0.5) is 10.1 Å². The largest absolute Gasteiger partial charge is 0.352 e. The molecule has 0 atom stereocenters. The van der Waals surface area contributed by atoms with Crippen molar-refractivity contribution in [1.29, 1.82) is 0 Å². The molecule has 8 heteroatoms. The molecule has 2 N–H and O–H groups in total. The van der Waals surface area contributed by atoms with E-state index >= 15 is 0 Å². The van der Waals surface area contributed by atoms with Gasteiger partial charge in [-0.3, -0.25) is 14.0 Å². The number of anilines is 1. The molecule has 2 aromatic heterocycles. The molecule has 0 unspecified atom stereocenters. The second kappa shape index (κ2) is 8.24. The number of rotatable bonds is 6. The molecule has 2 heterocycles. The van der Waals surface area contributed by atoms with E-state index in [-0.39, 0.29) is 18.2 Å². The predicted octanol–water partition coefficient (Wildman–Crippen LogP) is 3.65. The van der Waals surface area contributed by atoms with E-state index in [0.717, 1.165) is 16.2 Å². The molecule has 0 aliphatic rings. The summed E-state index contributed by atoms with van der Waals surface area (Å²) in [6.07, 6.45) is 3.95. The lowest BCUT2D eigenvalue weighted by atomic mass is 10.1. The summed E-state index contributed by atoms with van der Waals surface area (Å²) in [5.41, 5.74) is 2.53. The summed E-state index contributed by atoms with van der Waals surface area (Å²) < 4.78 is 14.9. The lowest BCUT2D eigenvalue weighted by Gasteiger charge is -2.09. The summed E-state index contributed by atoms with van der Waals surface area (Å²) in [4.78, 5) is 29.7. The van der Waals surface area contributed by atoms with Crippen LogP contribution in [0.5, 0.6) is 0 Å². The quantitative estimate of drug-likeness (QED) is 0.511. The topological polar surface area (TPSA) is 75.5 Å². The van der Waals surface area contributed by atoms with Gasteiger partial charge in [-0.05, 0) is 42.0 Å². The number of imidazole rings is 1. The first-order valence-electron chi connectivity index (χ1n) is 8.90. The third-order valence-electron chi connectivity index (χ3n) is 4.27. The van der Waals surface area contributed by atoms with Gasteiger partial charge in [-0.25, -0.2) is 9.37 Å². The van der Waals surface area contributed by atoms with E-state index in [1.54, 1.807) is 18.2 Å². The fraction of sp³-hybridized carbons (Fsp3) is 0.0952. The van der Waals surface area contributed by atoms with E-state index < -0.39 is 5.82 Å². The molecule has 0 saturated heterocycles. The third-order valence-corrected chi connectivity index (χ3v) is 5.04. The van der Waals surface area contributed by atoms with Gasteiger partial charge >= 0.3 is 0 Å². The second-order valence-electron chi connectivity index (χ2n) is 6.44. The van der Waals surface area contributed by atoms with Gasteiger partial charge in [0, 0.05) is 35.6 Å². The van der Waals surface area contributed by atoms with E-state index in [1.807, 2.05) is 28.2 Å². The first-order chi connectivity index (χ1) is 14.1. The molecular weight excluding hydrogens is 391 g/mol. The SMILES string of the molecule is O=C(Cc1cn2ccsc2n1)NCc1cccc(NC(=O)c2ccc(F)cc2)c1. The zero-order valence-electron chi connectivity index (χ0n) is 15.3. The van der Waals surface area contributed by atoms with Gasteiger partial charge in [0.05, 0.1) is 12.1 Å². The highest BCUT2D eigenvalue weighted by Gasteiger charge is 2.09. The van der Waals surface area contributed by atoms with Crippen LogP contribution in [0.1, 0.15) is 21.6 Å². The lowest BCUT2D eigenvalue weighted by Crippen LogP contribution is -2.24. The average molecular weight is 408 g/mol. The number of nitrogens with one attached hydrogen (secondary N) is 2. The van der Waals surface area contributed by atoms with Crippen LogP contribution in [-0.4, -0.2) is 21.2 Å². The standard InChI is InChI=1S/C21H17FN4O2S/c22-16-6-4-15(5-7-16)20(28)24-17-3-1-2-14(10-17)12-23-19(27)11-18-13-26-8-9-29-21(26)25-18/h1-10,13H,11-12H2,(H,23,27)(H,24,28). The molecular formula is C21H17FN4O2S. The van der Waals surface area contributed by atoms with Crippen molar-refractivity contribution in [3.63, 3.8) is 0 Å². The van der Waals surface area contributed by atoms with Gasteiger partial charge in [0.15, 0.2) is 4.96 Å². The number of carbonyl (C=O) groups is 2. The van der Waals surface area contributed by atoms with Crippen LogP contribution in [0.25, 0.3) is 4.96 Å². The van der Waals surface area contributed by atoms with Gasteiger partial charge in [-0.1, -0.05) is 12.1 Å². The van der Waals surface area contributed by atoms with E-state index in [4.69, 9.17) is 0 Å². The number of halogens is 1. The summed E-state index contributed by atoms with van der Waals surface area (Å²) in [5, 5.41) is 7.57. The van der Waals surface area contributed by atoms with Gasteiger partial charge in [-0.2, -0.15) is 0 Å². The highest BCUT2D eigenvalue weighted by molar-refractivity contribution is 7.15. The Morgan fingerprint density at radius 2 is 1.97 bits per heavy atom. The zero-order valence-corrected chi connectivity index (χ0v) is 16.1. The Bertz CT molecular complexity index is 1140. The summed E-state index contributed by atoms with van der Waals surface area (Å²) >= 11 is 1.52. The highest BCUT2D eigenvalue weighted by atomic mass is 32.1. The molecule has 6 nitrogen and oxygen atoms in total. The Balaban J connectivity index is 1.33. The molecule has 2 aromatic carbocycles. The first kappa shape index (κ1) is 18.8. The van der Waals surface area contributed by atoms with Crippen LogP contribution in [0.15, 0.2) is 66.3 Å². The molecule has 2 amide bonds. The molecule has 0 fully saturated rings. The molecule has 0 aliphatic carbocycles. The molecule has 4 rings (SSSR count). The molecule has 0 saturated carbocycles. The Hall–Kier alpha value is -3.52. The molecule has 0 aliphatic heterocycles. The molecule has 0 spiro atoms. The Labute approximate surface area is 170 Å². The van der Waals surface area contributed by atoms with E-state index in [9.17, 15) is 14.0 Å². The number of hydrogen-bond donors (Lipinski definition) is 2. The second-order valence-corrected chi connectivity index (χ2v) is 7.31. The minimum absolute atomic E-state index is 0.128. The molecule has 29 heavy (non-hydrogen) atoms. The van der Waals surface area contributed by atoms with Gasteiger partial charge in [-0.15, -0.1) is 11.3 Å². The van der Waals surface area contributed by atoms with Crippen LogP contribution in [0, 0.1) is 5.82 Å². The normalized spacial score (nSPS) is 10.8. The fourth-order valence-electron chi connectivity index (χ4n) is 2.85. The van der Waals surface area contributed by atoms with Crippen molar-refractivity contribution in [2.75, 3.05) is 5.32 Å². The van der Waals surface area contributed by atoms with Gasteiger partial charge in [0.1, 0.15) is 5.82 Å². The summed E-state index contributed by atoms with van der Waals surface area (Å²) in [6, 6.07) is 12.5. The number of benzene rings is 2. The predicted molar refractivity (Wildman–Crippen MR) is 109 cm³/mol. The van der Waals surface area contributed by atoms with Crippen molar-refractivity contribution >= 4 is 33.8 Å². The van der Waals surface area contributed by atoms with E-state index in [2.05, 4.69) is 15.6 Å². The van der Waals surface area contributed by atoms with Crippen LogP contribution >= 0.6 is 11.3 Å². The van der Waals surface area contributed by atoms with Crippen LogP contribution in [0.2, 0.25) is 0 Å². The molecule has 4 aromatic rings. The number of fused-ring (bicyclic) bond motifs is 1. The first-order valence-corrected chi connectivity index (χ1v) is 9.78. The summed E-state index contributed by atoms with van der Waals surface area (Å²) in [7, 11) is 0. The van der Waals surface area contributed by atoms with E-state index in [0.29, 0.717) is 17.8 Å². The zero-order chi connectivity index (χ0) is 20.2. The number of thiazole rings is 1. The van der Waals surface area contributed by atoms with E-state index in [1.165, 1.54) is 35.6 Å². The molecule has 0 radical (unpaired) electrons. The number of nitrogens with zero attached hydrogens (tertiary/aromatic N) is 2. The van der Waals surface area contributed by atoms with Crippen molar-refractivity contribution in [2.24, 2.45) is 0 Å². The minimum Gasteiger partial charge on any atom is -0.352 e. The highest BCUT2D eigenvalue weighted by Crippen LogP contribution is 2.14. The van der Waals surface area contributed by atoms with Gasteiger partial charge in [0.2, 0.25) is 5.91 Å². The van der Waals surface area contributed by atoms with Crippen LogP contribution in [-0.2, 0) is 17.8 Å². The third kappa shape index (κ3) is 4.67. The summed E-state index contributed by atoms with van der Waals surface area (Å²) in [6.45, 7) is 0.335. The van der Waals surface area contributed by atoms with Crippen molar-refractivity contribution in [1.82, 2.24) is 14.7 Å². The lowest BCUT2D eigenvalue weighted by molar-refractivity contribution is -0.120. The number of aromatic nitrogens is 2. The van der Waals surface area contributed by atoms with Gasteiger partial charge < -0.3 is 10.6 Å². The maximum Gasteiger partial charge on any atom is 0.255 e. The van der Waals surface area contributed by atoms with Crippen molar-refractivity contribution < 1.29 is 14.0 Å². The number of carbonyl (C=O) groups excluding carboxylic acids is 2. The van der Waals surface area contributed by atoms with Crippen molar-refractivity contribution in [3.05, 3.63) is 88.9 Å². The van der Waals surface area contributed by atoms with Crippen LogP contribution in [0.3, 0.4) is 0 Å². The van der Waals surface area contributed by atoms with Crippen molar-refractivity contribution in [2.45, 2.75) is 13.0 Å². The smallest absolute Gasteiger partial charge is 0.255 e. The Morgan fingerprint density at radius 1 is 1.14 bits per heavy atom. The van der Waals surface area contributed by atoms with Crippen LogP contribution < -0.4 is 10.6 Å². The summed E-state index contributed by atoms with van der Waals surface area (Å²) in [5.74, 6) is -0.850. The molecule has 146 valence electrons. The monoisotopic (exact) mass is 408 g/mol. The van der Waals surface area contributed by atoms with Crippen molar-refractivity contribution in [3.8, 4) is 0 Å². The number of hydrogen-bond acceptors (Lipinski definition) is 4. The molecule has 0 bridgehead atoms. The fourth-order valence-corrected chi connectivity index (χ4v) is 3.57. The maximum atomic E-state index is 13.0.